The smallest absolute Gasteiger partial charge is 0.0594 e. The van der Waals surface area contributed by atoms with E-state index in [1.165, 1.54) is 9.35 Å². The Morgan fingerprint density at radius 2 is 2.27 bits per heavy atom. The maximum atomic E-state index is 5.87. The van der Waals surface area contributed by atoms with E-state index in [0.717, 1.165) is 26.3 Å². The number of hydrogen-bond acceptors (Lipinski definition) is 4. The SMILES string of the molecule is NCC(c1sccc1Br)N1CCOCC1. The van der Waals surface area contributed by atoms with Crippen LogP contribution in [0.3, 0.4) is 0 Å². The molecule has 0 radical (unpaired) electrons. The van der Waals surface area contributed by atoms with Gasteiger partial charge in [-0.3, -0.25) is 4.90 Å². The van der Waals surface area contributed by atoms with Crippen molar-refractivity contribution < 1.29 is 4.74 Å². The van der Waals surface area contributed by atoms with E-state index < -0.39 is 0 Å². The van der Waals surface area contributed by atoms with Gasteiger partial charge in [-0.2, -0.15) is 0 Å². The molecule has 2 rings (SSSR count). The molecule has 0 bridgehead atoms. The molecule has 1 unspecified atom stereocenters. The van der Waals surface area contributed by atoms with E-state index in [-0.39, 0.29) is 0 Å². The summed E-state index contributed by atoms with van der Waals surface area (Å²) in [5.41, 5.74) is 5.87. The average molecular weight is 291 g/mol. The van der Waals surface area contributed by atoms with Crippen LogP contribution in [0.5, 0.6) is 0 Å². The minimum absolute atomic E-state index is 0.336. The maximum Gasteiger partial charge on any atom is 0.0594 e. The summed E-state index contributed by atoms with van der Waals surface area (Å²) >= 11 is 5.34. The zero-order valence-corrected chi connectivity index (χ0v) is 10.9. The van der Waals surface area contributed by atoms with Gasteiger partial charge >= 0.3 is 0 Å². The number of thiophene rings is 1. The van der Waals surface area contributed by atoms with Crippen LogP contribution in [0, 0.1) is 0 Å². The van der Waals surface area contributed by atoms with Crippen molar-refractivity contribution in [3.63, 3.8) is 0 Å². The number of morpholine rings is 1. The first-order valence-corrected chi connectivity index (χ1v) is 6.75. The predicted molar refractivity (Wildman–Crippen MR) is 66.2 cm³/mol. The van der Waals surface area contributed by atoms with E-state index >= 15 is 0 Å². The first-order valence-electron chi connectivity index (χ1n) is 5.07. The van der Waals surface area contributed by atoms with Crippen molar-refractivity contribution in [1.29, 1.82) is 0 Å². The first kappa shape index (κ1) is 11.5. The molecule has 0 aromatic carbocycles. The molecule has 5 heteroatoms. The fourth-order valence-electron chi connectivity index (χ4n) is 1.85. The fourth-order valence-corrected chi connectivity index (χ4v) is 3.64. The lowest BCUT2D eigenvalue weighted by Gasteiger charge is -2.33. The Bertz CT molecular complexity index is 312. The zero-order valence-electron chi connectivity index (χ0n) is 8.49. The van der Waals surface area contributed by atoms with E-state index in [9.17, 15) is 0 Å². The third-order valence-electron chi connectivity index (χ3n) is 2.66. The standard InChI is InChI=1S/C10H15BrN2OS/c11-8-1-6-15-10(8)9(7-12)13-2-4-14-5-3-13/h1,6,9H,2-5,7,12H2. The summed E-state index contributed by atoms with van der Waals surface area (Å²) in [5, 5.41) is 2.10. The molecule has 2 N–H and O–H groups in total. The molecule has 0 spiro atoms. The fraction of sp³-hybridized carbons (Fsp3) is 0.600. The van der Waals surface area contributed by atoms with Crippen LogP contribution in [0.4, 0.5) is 0 Å². The summed E-state index contributed by atoms with van der Waals surface area (Å²) in [6.07, 6.45) is 0. The van der Waals surface area contributed by atoms with Crippen molar-refractivity contribution in [2.75, 3.05) is 32.8 Å². The van der Waals surface area contributed by atoms with Crippen molar-refractivity contribution in [1.82, 2.24) is 4.90 Å². The molecule has 3 nitrogen and oxygen atoms in total. The molecule has 0 aliphatic carbocycles. The van der Waals surface area contributed by atoms with Crippen LogP contribution in [-0.4, -0.2) is 37.7 Å². The van der Waals surface area contributed by atoms with Crippen molar-refractivity contribution in [3.8, 4) is 0 Å². The summed E-state index contributed by atoms with van der Waals surface area (Å²) in [7, 11) is 0. The molecule has 1 aliphatic heterocycles. The molecule has 0 saturated carbocycles. The van der Waals surface area contributed by atoms with Gasteiger partial charge in [-0.15, -0.1) is 11.3 Å². The molecule has 1 saturated heterocycles. The van der Waals surface area contributed by atoms with Crippen molar-refractivity contribution >= 4 is 27.3 Å². The lowest BCUT2D eigenvalue weighted by atomic mass is 10.2. The number of hydrogen-bond donors (Lipinski definition) is 1. The monoisotopic (exact) mass is 290 g/mol. The largest absolute Gasteiger partial charge is 0.379 e. The van der Waals surface area contributed by atoms with Crippen LogP contribution < -0.4 is 5.73 Å². The number of halogens is 1. The predicted octanol–water partition coefficient (Wildman–Crippen LogP) is 1.84. The minimum Gasteiger partial charge on any atom is -0.379 e. The third kappa shape index (κ3) is 2.60. The second-order valence-electron chi connectivity index (χ2n) is 3.53. The van der Waals surface area contributed by atoms with Gasteiger partial charge < -0.3 is 10.5 Å². The van der Waals surface area contributed by atoms with E-state index in [0.29, 0.717) is 12.6 Å². The highest BCUT2D eigenvalue weighted by molar-refractivity contribution is 9.10. The quantitative estimate of drug-likeness (QED) is 0.923. The van der Waals surface area contributed by atoms with Crippen LogP contribution in [0.15, 0.2) is 15.9 Å². The Hall–Kier alpha value is 0.0600. The summed E-state index contributed by atoms with van der Waals surface area (Å²) < 4.78 is 6.53. The highest BCUT2D eigenvalue weighted by atomic mass is 79.9. The van der Waals surface area contributed by atoms with Crippen molar-refractivity contribution in [2.24, 2.45) is 5.73 Å². The van der Waals surface area contributed by atoms with Gasteiger partial charge in [-0.25, -0.2) is 0 Å². The molecule has 1 atom stereocenters. The molecule has 15 heavy (non-hydrogen) atoms. The molecule has 2 heterocycles. The highest BCUT2D eigenvalue weighted by Crippen LogP contribution is 2.32. The van der Waals surface area contributed by atoms with Crippen LogP contribution in [0.1, 0.15) is 10.9 Å². The number of nitrogens with two attached hydrogens (primary N) is 1. The summed E-state index contributed by atoms with van der Waals surface area (Å²) in [6, 6.07) is 2.42. The van der Waals surface area contributed by atoms with Crippen LogP contribution in [-0.2, 0) is 4.74 Å². The Balaban J connectivity index is 2.12. The van der Waals surface area contributed by atoms with Crippen LogP contribution in [0.2, 0.25) is 0 Å². The second-order valence-corrected chi connectivity index (χ2v) is 5.33. The van der Waals surface area contributed by atoms with E-state index in [4.69, 9.17) is 10.5 Å². The number of nitrogens with zero attached hydrogens (tertiary/aromatic N) is 1. The molecule has 1 aromatic heterocycles. The van der Waals surface area contributed by atoms with Gasteiger partial charge in [0, 0.05) is 29.0 Å². The molecule has 0 amide bonds. The van der Waals surface area contributed by atoms with Gasteiger partial charge in [-0.1, -0.05) is 0 Å². The van der Waals surface area contributed by atoms with Crippen LogP contribution >= 0.6 is 27.3 Å². The molecule has 1 aromatic rings. The Labute approximate surface area is 102 Å². The third-order valence-corrected chi connectivity index (χ3v) is 4.63. The Morgan fingerprint density at radius 1 is 1.53 bits per heavy atom. The first-order chi connectivity index (χ1) is 7.33. The Kier molecular flexibility index (Phi) is 4.16. The van der Waals surface area contributed by atoms with Gasteiger partial charge in [0.2, 0.25) is 0 Å². The van der Waals surface area contributed by atoms with Gasteiger partial charge in [0.15, 0.2) is 0 Å². The van der Waals surface area contributed by atoms with Crippen molar-refractivity contribution in [2.45, 2.75) is 6.04 Å². The molecule has 84 valence electrons. The number of ether oxygens (including phenoxy) is 1. The average Bonchev–Trinajstić information content (AvgIpc) is 2.68. The minimum atomic E-state index is 0.336. The van der Waals surface area contributed by atoms with Gasteiger partial charge in [0.05, 0.1) is 19.3 Å². The molecular formula is C10H15BrN2OS. The Morgan fingerprint density at radius 3 is 2.80 bits per heavy atom. The van der Waals surface area contributed by atoms with E-state index in [1.807, 2.05) is 0 Å². The molecule has 1 aliphatic rings. The maximum absolute atomic E-state index is 5.87. The van der Waals surface area contributed by atoms with E-state index in [1.54, 1.807) is 11.3 Å². The van der Waals surface area contributed by atoms with Gasteiger partial charge in [0.25, 0.3) is 0 Å². The lowest BCUT2D eigenvalue weighted by molar-refractivity contribution is 0.0184. The van der Waals surface area contributed by atoms with Gasteiger partial charge in [-0.05, 0) is 27.4 Å². The van der Waals surface area contributed by atoms with E-state index in [2.05, 4.69) is 32.3 Å². The van der Waals surface area contributed by atoms with Gasteiger partial charge in [0.1, 0.15) is 0 Å². The van der Waals surface area contributed by atoms with Crippen molar-refractivity contribution in [3.05, 3.63) is 20.8 Å². The summed E-state index contributed by atoms with van der Waals surface area (Å²) in [6.45, 7) is 4.26. The summed E-state index contributed by atoms with van der Waals surface area (Å²) in [4.78, 5) is 3.74. The summed E-state index contributed by atoms with van der Waals surface area (Å²) in [5.74, 6) is 0. The molecule has 1 fully saturated rings. The topological polar surface area (TPSA) is 38.5 Å². The second kappa shape index (κ2) is 5.41. The number of rotatable bonds is 3. The van der Waals surface area contributed by atoms with Crippen LogP contribution in [0.25, 0.3) is 0 Å². The zero-order chi connectivity index (χ0) is 10.7. The highest BCUT2D eigenvalue weighted by Gasteiger charge is 2.23. The lowest BCUT2D eigenvalue weighted by Crippen LogP contribution is -2.41. The molecular weight excluding hydrogens is 276 g/mol. The normalized spacial score (nSPS) is 20.4.